The zero-order chi connectivity index (χ0) is 17.5. The fourth-order valence-electron chi connectivity index (χ4n) is 3.71. The fraction of sp³-hybridized carbons (Fsp3) is 0.650. The lowest BCUT2D eigenvalue weighted by atomic mass is 9.90. The van der Waals surface area contributed by atoms with E-state index < -0.39 is 5.97 Å². The van der Waals surface area contributed by atoms with E-state index in [-0.39, 0.29) is 12.5 Å². The highest BCUT2D eigenvalue weighted by Gasteiger charge is 2.22. The summed E-state index contributed by atoms with van der Waals surface area (Å²) in [5, 5.41) is 8.83. The van der Waals surface area contributed by atoms with Crippen LogP contribution in [-0.4, -0.2) is 48.8 Å². The number of carbonyl (C=O) groups is 1. The molecule has 1 aliphatic carbocycles. The van der Waals surface area contributed by atoms with Gasteiger partial charge in [-0.15, -0.1) is 0 Å². The zero-order valence-electron chi connectivity index (χ0n) is 14.9. The first-order chi connectivity index (χ1) is 12.2. The summed E-state index contributed by atoms with van der Waals surface area (Å²) in [5.41, 5.74) is 1.13. The van der Waals surface area contributed by atoms with E-state index in [1.165, 1.54) is 32.1 Å². The van der Waals surface area contributed by atoms with Gasteiger partial charge in [-0.3, -0.25) is 9.69 Å². The van der Waals surface area contributed by atoms with E-state index in [9.17, 15) is 4.79 Å². The van der Waals surface area contributed by atoms with Crippen molar-refractivity contribution in [1.82, 2.24) is 4.90 Å². The number of morpholine rings is 1. The molecular formula is C20H29NO4. The Kier molecular flexibility index (Phi) is 6.70. The molecule has 0 bridgehead atoms. The normalized spacial score (nSPS) is 22.6. The second kappa shape index (κ2) is 9.20. The smallest absolute Gasteiger partial charge is 0.304 e. The maximum absolute atomic E-state index is 10.7. The maximum atomic E-state index is 10.7. The summed E-state index contributed by atoms with van der Waals surface area (Å²) < 4.78 is 11.8. The van der Waals surface area contributed by atoms with Gasteiger partial charge in [-0.25, -0.2) is 0 Å². The monoisotopic (exact) mass is 347 g/mol. The van der Waals surface area contributed by atoms with Crippen LogP contribution < -0.4 is 4.74 Å². The van der Waals surface area contributed by atoms with Crippen LogP contribution in [0.1, 0.15) is 50.2 Å². The van der Waals surface area contributed by atoms with Gasteiger partial charge in [0.25, 0.3) is 0 Å². The Morgan fingerprint density at radius 2 is 1.96 bits per heavy atom. The lowest BCUT2D eigenvalue weighted by molar-refractivity contribution is -0.137. The van der Waals surface area contributed by atoms with Crippen molar-refractivity contribution in [2.24, 2.45) is 5.92 Å². The Balaban J connectivity index is 1.48. The Labute approximate surface area is 149 Å². The maximum Gasteiger partial charge on any atom is 0.304 e. The van der Waals surface area contributed by atoms with Crippen LogP contribution >= 0.6 is 0 Å². The molecule has 0 aromatic heterocycles. The molecule has 2 aliphatic rings. The van der Waals surface area contributed by atoms with Gasteiger partial charge in [-0.1, -0.05) is 31.4 Å². The number of hydrogen-bond acceptors (Lipinski definition) is 4. The Bertz CT molecular complexity index is 539. The van der Waals surface area contributed by atoms with Crippen LogP contribution in [0.15, 0.2) is 24.3 Å². The minimum Gasteiger partial charge on any atom is -0.493 e. The minimum atomic E-state index is -0.748. The molecule has 1 heterocycles. The summed E-state index contributed by atoms with van der Waals surface area (Å²) in [6, 6.07) is 8.19. The third-order valence-corrected chi connectivity index (χ3v) is 5.25. The third kappa shape index (κ3) is 5.72. The molecule has 1 aromatic rings. The van der Waals surface area contributed by atoms with Crippen LogP contribution in [0.4, 0.5) is 0 Å². The number of rotatable bonds is 7. The highest BCUT2D eigenvalue weighted by atomic mass is 16.5. The molecule has 25 heavy (non-hydrogen) atoms. The largest absolute Gasteiger partial charge is 0.493 e. The molecule has 2 fully saturated rings. The molecule has 1 saturated carbocycles. The van der Waals surface area contributed by atoms with E-state index in [1.807, 2.05) is 12.1 Å². The molecule has 5 nitrogen and oxygen atoms in total. The van der Waals surface area contributed by atoms with E-state index in [1.54, 1.807) is 0 Å². The van der Waals surface area contributed by atoms with Gasteiger partial charge in [0.2, 0.25) is 0 Å². The minimum absolute atomic E-state index is 0.00920. The van der Waals surface area contributed by atoms with E-state index in [4.69, 9.17) is 14.6 Å². The number of aliphatic carboxylic acids is 1. The number of hydrogen-bond donors (Lipinski definition) is 1. The first-order valence-corrected chi connectivity index (χ1v) is 9.49. The fourth-order valence-corrected chi connectivity index (χ4v) is 3.71. The average Bonchev–Trinajstić information content (AvgIpc) is 2.66. The first kappa shape index (κ1) is 18.2. The van der Waals surface area contributed by atoms with Crippen LogP contribution in [0, 0.1) is 5.92 Å². The van der Waals surface area contributed by atoms with E-state index in [2.05, 4.69) is 17.0 Å². The molecule has 0 spiro atoms. The molecule has 1 saturated heterocycles. The molecule has 1 aliphatic heterocycles. The average molecular weight is 347 g/mol. The number of ether oxygens (including phenoxy) is 2. The van der Waals surface area contributed by atoms with Crippen molar-refractivity contribution in [2.75, 3.05) is 32.8 Å². The second-order valence-electron chi connectivity index (χ2n) is 7.19. The Morgan fingerprint density at radius 3 is 2.68 bits per heavy atom. The van der Waals surface area contributed by atoms with E-state index in [0.717, 1.165) is 31.0 Å². The lowest BCUT2D eigenvalue weighted by Crippen LogP contribution is -2.39. The molecule has 0 radical (unpaired) electrons. The number of carboxylic acid groups (broad SMARTS) is 1. The van der Waals surface area contributed by atoms with Crippen molar-refractivity contribution >= 4 is 5.97 Å². The van der Waals surface area contributed by atoms with Crippen LogP contribution in [0.5, 0.6) is 5.75 Å². The van der Waals surface area contributed by atoms with Gasteiger partial charge >= 0.3 is 5.97 Å². The Hall–Kier alpha value is -1.59. The van der Waals surface area contributed by atoms with Gasteiger partial charge in [-0.05, 0) is 36.5 Å². The predicted molar refractivity (Wildman–Crippen MR) is 95.9 cm³/mol. The van der Waals surface area contributed by atoms with Gasteiger partial charge in [0.1, 0.15) is 5.75 Å². The summed E-state index contributed by atoms with van der Waals surface area (Å²) in [7, 11) is 0. The van der Waals surface area contributed by atoms with Crippen molar-refractivity contribution in [3.8, 4) is 5.75 Å². The highest BCUT2D eigenvalue weighted by Crippen LogP contribution is 2.27. The molecule has 1 aromatic carbocycles. The molecule has 1 N–H and O–H groups in total. The number of nitrogens with zero attached hydrogens (tertiary/aromatic N) is 1. The van der Waals surface area contributed by atoms with Gasteiger partial charge in [-0.2, -0.15) is 0 Å². The topological polar surface area (TPSA) is 59.0 Å². The van der Waals surface area contributed by atoms with Gasteiger partial charge in [0.05, 0.1) is 25.7 Å². The van der Waals surface area contributed by atoms with Crippen molar-refractivity contribution < 1.29 is 19.4 Å². The first-order valence-electron chi connectivity index (χ1n) is 9.49. The van der Waals surface area contributed by atoms with Gasteiger partial charge in [0.15, 0.2) is 0 Å². The molecule has 1 atom stereocenters. The molecular weight excluding hydrogens is 318 g/mol. The molecule has 138 valence electrons. The molecule has 3 rings (SSSR count). The van der Waals surface area contributed by atoms with Crippen molar-refractivity contribution in [3.63, 3.8) is 0 Å². The van der Waals surface area contributed by atoms with E-state index >= 15 is 0 Å². The number of benzene rings is 1. The third-order valence-electron chi connectivity index (χ3n) is 5.25. The van der Waals surface area contributed by atoms with Gasteiger partial charge in [0, 0.05) is 19.6 Å². The van der Waals surface area contributed by atoms with Crippen molar-refractivity contribution in [3.05, 3.63) is 29.8 Å². The van der Waals surface area contributed by atoms with Gasteiger partial charge < -0.3 is 14.6 Å². The quantitative estimate of drug-likeness (QED) is 0.818. The summed E-state index contributed by atoms with van der Waals surface area (Å²) in [4.78, 5) is 12.9. The van der Waals surface area contributed by atoms with Crippen LogP contribution in [0.25, 0.3) is 0 Å². The van der Waals surface area contributed by atoms with Crippen LogP contribution in [0.3, 0.4) is 0 Å². The molecule has 5 heteroatoms. The SMILES string of the molecule is O=C(O)CCN1CCO[C@H](c2ccc(OCC3CCCCC3)cc2)C1. The highest BCUT2D eigenvalue weighted by molar-refractivity contribution is 5.66. The molecule has 0 unspecified atom stereocenters. The standard InChI is InChI=1S/C20H29NO4/c22-20(23)10-11-21-12-13-24-19(14-21)17-6-8-18(9-7-17)25-15-16-4-2-1-3-5-16/h6-9,16,19H,1-5,10-15H2,(H,22,23)/t19-/m0/s1. The second-order valence-corrected chi connectivity index (χ2v) is 7.19. The molecule has 0 amide bonds. The van der Waals surface area contributed by atoms with Crippen LogP contribution in [0.2, 0.25) is 0 Å². The predicted octanol–water partition coefficient (Wildman–Crippen LogP) is 3.49. The zero-order valence-corrected chi connectivity index (χ0v) is 14.9. The van der Waals surface area contributed by atoms with E-state index in [0.29, 0.717) is 19.1 Å². The number of carboxylic acids is 1. The summed E-state index contributed by atoms with van der Waals surface area (Å²) in [5.74, 6) is 0.883. The van der Waals surface area contributed by atoms with Crippen molar-refractivity contribution in [2.45, 2.75) is 44.6 Å². The lowest BCUT2D eigenvalue weighted by Gasteiger charge is -2.32. The summed E-state index contributed by atoms with van der Waals surface area (Å²) >= 11 is 0. The van der Waals surface area contributed by atoms with Crippen molar-refractivity contribution in [1.29, 1.82) is 0 Å². The Morgan fingerprint density at radius 1 is 1.20 bits per heavy atom. The van der Waals surface area contributed by atoms with Crippen LogP contribution in [-0.2, 0) is 9.53 Å². The summed E-state index contributed by atoms with van der Waals surface area (Å²) in [6.07, 6.45) is 6.82. The summed E-state index contributed by atoms with van der Waals surface area (Å²) in [6.45, 7) is 3.59.